The van der Waals surface area contributed by atoms with Gasteiger partial charge in [-0.25, -0.2) is 0 Å². The molecule has 0 spiro atoms. The smallest absolute Gasteiger partial charge is 0.270 e. The normalized spacial score (nSPS) is 21.8. The molecule has 1 aliphatic rings. The number of carbonyl (C=O) groups excluding carboxylic acids is 1. The molecule has 0 unspecified atom stereocenters. The number of carbonyl (C=O) groups is 1. The lowest BCUT2D eigenvalue weighted by Gasteiger charge is -2.28. The van der Waals surface area contributed by atoms with E-state index in [0.29, 0.717) is 11.7 Å². The lowest BCUT2D eigenvalue weighted by molar-refractivity contribution is 0.0916. The van der Waals surface area contributed by atoms with Gasteiger partial charge in [0.05, 0.1) is 0 Å². The second kappa shape index (κ2) is 8.01. The topological polar surface area (TPSA) is 54.0 Å². The molecular formula is C17H27N3O. The van der Waals surface area contributed by atoms with Crippen LogP contribution in [0.1, 0.15) is 62.9 Å². The summed E-state index contributed by atoms with van der Waals surface area (Å²) in [6.07, 6.45) is 8.96. The molecule has 1 fully saturated rings. The summed E-state index contributed by atoms with van der Waals surface area (Å²) in [5.41, 5.74) is 1.45. The highest BCUT2D eigenvalue weighted by Crippen LogP contribution is 2.27. The van der Waals surface area contributed by atoms with Crippen molar-refractivity contribution < 1.29 is 4.79 Å². The quantitative estimate of drug-likeness (QED) is 0.841. The Balaban J connectivity index is 1.86. The van der Waals surface area contributed by atoms with Gasteiger partial charge in [-0.3, -0.25) is 9.78 Å². The highest BCUT2D eigenvalue weighted by molar-refractivity contribution is 5.93. The van der Waals surface area contributed by atoms with Crippen LogP contribution in [0.25, 0.3) is 0 Å². The number of hydrogen-bond donors (Lipinski definition) is 2. The monoisotopic (exact) mass is 289 g/mol. The predicted octanol–water partition coefficient (Wildman–Crippen LogP) is 3.60. The Bertz CT molecular complexity index is 453. The van der Waals surface area contributed by atoms with E-state index in [9.17, 15) is 4.79 Å². The van der Waals surface area contributed by atoms with Gasteiger partial charge in [-0.1, -0.05) is 19.8 Å². The summed E-state index contributed by atoms with van der Waals surface area (Å²) in [6.45, 7) is 5.12. The first-order valence-electron chi connectivity index (χ1n) is 8.23. The molecule has 0 saturated heterocycles. The van der Waals surface area contributed by atoms with Crippen LogP contribution in [0.2, 0.25) is 0 Å². The summed E-state index contributed by atoms with van der Waals surface area (Å²) >= 11 is 0. The van der Waals surface area contributed by atoms with E-state index in [1.165, 1.54) is 25.7 Å². The zero-order valence-corrected chi connectivity index (χ0v) is 13.2. The SMILES string of the molecule is CCCC1CCC(NC(=O)c2cc(NCC)ccn2)CC1. The summed E-state index contributed by atoms with van der Waals surface area (Å²) in [7, 11) is 0. The fourth-order valence-electron chi connectivity index (χ4n) is 3.13. The van der Waals surface area contributed by atoms with Crippen molar-refractivity contribution in [3.05, 3.63) is 24.0 Å². The molecular weight excluding hydrogens is 262 g/mol. The number of nitrogens with one attached hydrogen (secondary N) is 2. The molecule has 0 bridgehead atoms. The highest BCUT2D eigenvalue weighted by Gasteiger charge is 2.22. The van der Waals surface area contributed by atoms with Crippen LogP contribution in [-0.4, -0.2) is 23.5 Å². The third-order valence-corrected chi connectivity index (χ3v) is 4.25. The summed E-state index contributed by atoms with van der Waals surface area (Å²) in [5, 5.41) is 6.34. The van der Waals surface area contributed by atoms with E-state index in [-0.39, 0.29) is 5.91 Å². The summed E-state index contributed by atoms with van der Waals surface area (Å²) in [5.74, 6) is 0.812. The molecule has 0 aromatic carbocycles. The maximum Gasteiger partial charge on any atom is 0.270 e. The minimum absolute atomic E-state index is 0.0475. The van der Waals surface area contributed by atoms with Gasteiger partial charge in [-0.15, -0.1) is 0 Å². The van der Waals surface area contributed by atoms with Crippen molar-refractivity contribution in [1.29, 1.82) is 0 Å². The van der Waals surface area contributed by atoms with E-state index in [1.54, 1.807) is 6.20 Å². The molecule has 2 N–H and O–H groups in total. The molecule has 1 aromatic heterocycles. The fourth-order valence-corrected chi connectivity index (χ4v) is 3.13. The van der Waals surface area contributed by atoms with Crippen LogP contribution < -0.4 is 10.6 Å². The number of nitrogens with zero attached hydrogens (tertiary/aromatic N) is 1. The molecule has 4 nitrogen and oxygen atoms in total. The van der Waals surface area contributed by atoms with Gasteiger partial charge in [-0.05, 0) is 50.7 Å². The molecule has 1 aromatic rings. The first-order valence-corrected chi connectivity index (χ1v) is 8.23. The number of rotatable bonds is 6. The lowest BCUT2D eigenvalue weighted by atomic mass is 9.83. The number of anilines is 1. The van der Waals surface area contributed by atoms with Crippen LogP contribution in [0.4, 0.5) is 5.69 Å². The molecule has 0 atom stereocenters. The summed E-state index contributed by atoms with van der Waals surface area (Å²) < 4.78 is 0. The number of amides is 1. The molecule has 1 aliphatic carbocycles. The molecule has 0 aliphatic heterocycles. The Kier molecular flexibility index (Phi) is 6.03. The Morgan fingerprint density at radius 3 is 2.71 bits per heavy atom. The van der Waals surface area contributed by atoms with Gasteiger partial charge in [0, 0.05) is 24.5 Å². The summed E-state index contributed by atoms with van der Waals surface area (Å²) in [6, 6.07) is 4.02. The number of aromatic nitrogens is 1. The fraction of sp³-hybridized carbons (Fsp3) is 0.647. The van der Waals surface area contributed by atoms with Crippen molar-refractivity contribution in [3.8, 4) is 0 Å². The van der Waals surface area contributed by atoms with Crippen molar-refractivity contribution in [2.75, 3.05) is 11.9 Å². The number of pyridine rings is 1. The molecule has 2 rings (SSSR count). The Morgan fingerprint density at radius 1 is 1.29 bits per heavy atom. The van der Waals surface area contributed by atoms with Crippen LogP contribution in [0, 0.1) is 5.92 Å². The van der Waals surface area contributed by atoms with Gasteiger partial charge in [0.2, 0.25) is 0 Å². The first-order chi connectivity index (χ1) is 10.2. The van der Waals surface area contributed by atoms with E-state index in [2.05, 4.69) is 22.5 Å². The standard InChI is InChI=1S/C17H27N3O/c1-3-5-13-6-8-14(9-7-13)20-17(21)16-12-15(18-4-2)10-11-19-16/h10-14H,3-9H2,1-2H3,(H,18,19)(H,20,21). The molecule has 21 heavy (non-hydrogen) atoms. The van der Waals surface area contributed by atoms with Gasteiger partial charge >= 0.3 is 0 Å². The maximum atomic E-state index is 12.3. The minimum Gasteiger partial charge on any atom is -0.385 e. The van der Waals surface area contributed by atoms with E-state index in [0.717, 1.165) is 31.0 Å². The second-order valence-corrected chi connectivity index (χ2v) is 5.94. The Labute approximate surface area is 127 Å². The van der Waals surface area contributed by atoms with Gasteiger partial charge in [0.15, 0.2) is 0 Å². The summed E-state index contributed by atoms with van der Waals surface area (Å²) in [4.78, 5) is 16.5. The maximum absolute atomic E-state index is 12.3. The van der Waals surface area contributed by atoms with Crippen LogP contribution in [-0.2, 0) is 0 Å². The largest absolute Gasteiger partial charge is 0.385 e. The highest BCUT2D eigenvalue weighted by atomic mass is 16.1. The third kappa shape index (κ3) is 4.73. The molecule has 4 heteroatoms. The van der Waals surface area contributed by atoms with Gasteiger partial charge in [-0.2, -0.15) is 0 Å². The van der Waals surface area contributed by atoms with E-state index in [1.807, 2.05) is 19.1 Å². The third-order valence-electron chi connectivity index (χ3n) is 4.25. The minimum atomic E-state index is -0.0475. The average Bonchev–Trinajstić information content (AvgIpc) is 2.50. The molecule has 0 radical (unpaired) electrons. The van der Waals surface area contributed by atoms with Gasteiger partial charge in [0.1, 0.15) is 5.69 Å². The second-order valence-electron chi connectivity index (χ2n) is 5.94. The van der Waals surface area contributed by atoms with E-state index < -0.39 is 0 Å². The zero-order chi connectivity index (χ0) is 15.1. The molecule has 1 amide bonds. The van der Waals surface area contributed by atoms with Crippen molar-refractivity contribution in [1.82, 2.24) is 10.3 Å². The van der Waals surface area contributed by atoms with Crippen molar-refractivity contribution in [2.24, 2.45) is 5.92 Å². The molecule has 1 saturated carbocycles. The molecule has 116 valence electrons. The van der Waals surface area contributed by atoms with Crippen molar-refractivity contribution >= 4 is 11.6 Å². The van der Waals surface area contributed by atoms with Crippen LogP contribution >= 0.6 is 0 Å². The van der Waals surface area contributed by atoms with Crippen molar-refractivity contribution in [2.45, 2.75) is 58.4 Å². The van der Waals surface area contributed by atoms with Crippen LogP contribution in [0.3, 0.4) is 0 Å². The Hall–Kier alpha value is -1.58. The van der Waals surface area contributed by atoms with Crippen molar-refractivity contribution in [3.63, 3.8) is 0 Å². The predicted molar refractivity (Wildman–Crippen MR) is 86.5 cm³/mol. The number of hydrogen-bond acceptors (Lipinski definition) is 3. The lowest BCUT2D eigenvalue weighted by Crippen LogP contribution is -2.38. The van der Waals surface area contributed by atoms with E-state index >= 15 is 0 Å². The van der Waals surface area contributed by atoms with E-state index in [4.69, 9.17) is 0 Å². The zero-order valence-electron chi connectivity index (χ0n) is 13.2. The van der Waals surface area contributed by atoms with Gasteiger partial charge in [0.25, 0.3) is 5.91 Å². The van der Waals surface area contributed by atoms with Gasteiger partial charge < -0.3 is 10.6 Å². The van der Waals surface area contributed by atoms with Crippen LogP contribution in [0.5, 0.6) is 0 Å². The van der Waals surface area contributed by atoms with Crippen LogP contribution in [0.15, 0.2) is 18.3 Å². The Morgan fingerprint density at radius 2 is 2.05 bits per heavy atom. The first kappa shape index (κ1) is 15.8. The average molecular weight is 289 g/mol. The molecule has 1 heterocycles.